The van der Waals surface area contributed by atoms with E-state index in [1.807, 2.05) is 42.2 Å². The molecule has 0 aromatic heterocycles. The Labute approximate surface area is 119 Å². The van der Waals surface area contributed by atoms with E-state index in [4.69, 9.17) is 0 Å². The minimum absolute atomic E-state index is 0.0586. The fourth-order valence-electron chi connectivity index (χ4n) is 3.19. The van der Waals surface area contributed by atoms with Gasteiger partial charge in [-0.2, -0.15) is 0 Å². The Morgan fingerprint density at radius 3 is 2.20 bits per heavy atom. The van der Waals surface area contributed by atoms with Crippen molar-refractivity contribution in [3.63, 3.8) is 0 Å². The van der Waals surface area contributed by atoms with Gasteiger partial charge in [0.05, 0.1) is 24.9 Å². The van der Waals surface area contributed by atoms with Crippen LogP contribution in [0.25, 0.3) is 0 Å². The molecular formula is C15H23NO4. The highest BCUT2D eigenvalue weighted by atomic mass is 16.3. The standard InChI is InChI=1S/C15H23NO4/c1-10(11-5-3-2-4-6-11)16-12(7-8-17)14(19)15(20)13(16)9-18/h2-6,10,12-15,17-20H,7-9H2,1H3/t10-,12-,13+,14+,15+/m0/s1. The number of aliphatic hydroxyl groups is 4. The minimum Gasteiger partial charge on any atom is -0.396 e. The van der Waals surface area contributed by atoms with Gasteiger partial charge >= 0.3 is 0 Å². The van der Waals surface area contributed by atoms with Crippen molar-refractivity contribution >= 4 is 0 Å². The Morgan fingerprint density at radius 2 is 1.65 bits per heavy atom. The molecule has 1 heterocycles. The third-order valence-electron chi connectivity index (χ3n) is 4.25. The summed E-state index contributed by atoms with van der Waals surface area (Å²) in [6, 6.07) is 8.82. The molecule has 0 bridgehead atoms. The summed E-state index contributed by atoms with van der Waals surface area (Å²) in [6.07, 6.45) is -1.58. The van der Waals surface area contributed by atoms with Gasteiger partial charge in [-0.3, -0.25) is 4.90 Å². The second-order valence-corrected chi connectivity index (χ2v) is 5.34. The lowest BCUT2D eigenvalue weighted by molar-refractivity contribution is 0.0157. The van der Waals surface area contributed by atoms with Crippen LogP contribution < -0.4 is 0 Å². The zero-order valence-corrected chi connectivity index (χ0v) is 11.6. The highest BCUT2D eigenvalue weighted by molar-refractivity contribution is 5.20. The Morgan fingerprint density at radius 1 is 1.05 bits per heavy atom. The van der Waals surface area contributed by atoms with Crippen molar-refractivity contribution in [1.82, 2.24) is 4.90 Å². The van der Waals surface area contributed by atoms with Gasteiger partial charge in [0, 0.05) is 18.7 Å². The molecule has 1 fully saturated rings. The molecule has 20 heavy (non-hydrogen) atoms. The van der Waals surface area contributed by atoms with Crippen LogP contribution in [-0.2, 0) is 0 Å². The van der Waals surface area contributed by atoms with Crippen molar-refractivity contribution in [3.8, 4) is 0 Å². The van der Waals surface area contributed by atoms with Crippen LogP contribution in [0.4, 0.5) is 0 Å². The Bertz CT molecular complexity index is 414. The molecule has 1 aromatic carbocycles. The largest absolute Gasteiger partial charge is 0.396 e. The highest BCUT2D eigenvalue weighted by Gasteiger charge is 2.48. The quantitative estimate of drug-likeness (QED) is 0.605. The third-order valence-corrected chi connectivity index (χ3v) is 4.25. The number of aliphatic hydroxyl groups excluding tert-OH is 4. The summed E-state index contributed by atoms with van der Waals surface area (Å²) >= 11 is 0. The van der Waals surface area contributed by atoms with Crippen LogP contribution in [0.5, 0.6) is 0 Å². The third kappa shape index (κ3) is 2.73. The molecule has 0 spiro atoms. The van der Waals surface area contributed by atoms with Gasteiger partial charge < -0.3 is 20.4 Å². The average molecular weight is 281 g/mol. The summed E-state index contributed by atoms with van der Waals surface area (Å²) in [5.74, 6) is 0. The minimum atomic E-state index is -0.997. The molecule has 0 amide bonds. The van der Waals surface area contributed by atoms with Gasteiger partial charge in [0.25, 0.3) is 0 Å². The van der Waals surface area contributed by atoms with Crippen molar-refractivity contribution in [3.05, 3.63) is 35.9 Å². The summed E-state index contributed by atoms with van der Waals surface area (Å²) in [7, 11) is 0. The van der Waals surface area contributed by atoms with Gasteiger partial charge in [0.15, 0.2) is 0 Å². The van der Waals surface area contributed by atoms with Gasteiger partial charge in [-0.05, 0) is 18.9 Å². The van der Waals surface area contributed by atoms with E-state index >= 15 is 0 Å². The van der Waals surface area contributed by atoms with Crippen molar-refractivity contribution in [2.75, 3.05) is 13.2 Å². The van der Waals surface area contributed by atoms with E-state index in [9.17, 15) is 20.4 Å². The maximum atomic E-state index is 10.1. The maximum Gasteiger partial charge on any atom is 0.0991 e. The lowest BCUT2D eigenvalue weighted by Gasteiger charge is -2.35. The molecule has 2 rings (SSSR count). The molecule has 1 aromatic rings. The van der Waals surface area contributed by atoms with E-state index in [1.54, 1.807) is 0 Å². The zero-order valence-electron chi connectivity index (χ0n) is 11.6. The molecule has 1 aliphatic heterocycles. The fraction of sp³-hybridized carbons (Fsp3) is 0.600. The zero-order chi connectivity index (χ0) is 14.7. The van der Waals surface area contributed by atoms with Crippen LogP contribution in [0.2, 0.25) is 0 Å². The lowest BCUT2D eigenvalue weighted by Crippen LogP contribution is -2.43. The summed E-state index contributed by atoms with van der Waals surface area (Å²) in [5, 5.41) is 38.9. The topological polar surface area (TPSA) is 84.2 Å². The number of nitrogens with zero attached hydrogens (tertiary/aromatic N) is 1. The molecule has 0 radical (unpaired) electrons. The second-order valence-electron chi connectivity index (χ2n) is 5.34. The van der Waals surface area contributed by atoms with E-state index in [1.165, 1.54) is 0 Å². The number of benzene rings is 1. The molecule has 1 saturated heterocycles. The van der Waals surface area contributed by atoms with Crippen LogP contribution in [0.3, 0.4) is 0 Å². The van der Waals surface area contributed by atoms with Crippen LogP contribution in [0.15, 0.2) is 30.3 Å². The van der Waals surface area contributed by atoms with Crippen LogP contribution >= 0.6 is 0 Å². The lowest BCUT2D eigenvalue weighted by atomic mass is 10.0. The predicted molar refractivity (Wildman–Crippen MR) is 75.1 cm³/mol. The number of hydrogen-bond acceptors (Lipinski definition) is 5. The van der Waals surface area contributed by atoms with E-state index in [-0.39, 0.29) is 25.3 Å². The van der Waals surface area contributed by atoms with Crippen LogP contribution in [0.1, 0.15) is 24.9 Å². The Hall–Kier alpha value is -0.980. The molecule has 5 nitrogen and oxygen atoms in total. The van der Waals surface area contributed by atoms with Gasteiger partial charge in [-0.1, -0.05) is 30.3 Å². The van der Waals surface area contributed by atoms with E-state index in [0.29, 0.717) is 6.42 Å². The Kier molecular flexibility index (Phi) is 5.12. The SMILES string of the molecule is C[C@@H](c1ccccc1)N1[C@H](CO)[C@@H](O)[C@H](O)[C@@H]1CCO. The maximum absolute atomic E-state index is 10.1. The van der Waals surface area contributed by atoms with Crippen LogP contribution in [-0.4, -0.2) is 62.8 Å². The monoisotopic (exact) mass is 281 g/mol. The average Bonchev–Trinajstić information content (AvgIpc) is 2.72. The first-order chi connectivity index (χ1) is 9.61. The smallest absolute Gasteiger partial charge is 0.0991 e. The predicted octanol–water partition coefficient (Wildman–Crippen LogP) is -0.103. The Balaban J connectivity index is 2.29. The van der Waals surface area contributed by atoms with Crippen LogP contribution in [0, 0.1) is 0 Å². The second kappa shape index (κ2) is 6.65. The van der Waals surface area contributed by atoms with Gasteiger partial charge in [-0.25, -0.2) is 0 Å². The molecule has 5 heteroatoms. The highest BCUT2D eigenvalue weighted by Crippen LogP contribution is 2.35. The number of likely N-dealkylation sites (tertiary alicyclic amines) is 1. The molecule has 112 valence electrons. The van der Waals surface area contributed by atoms with Crippen molar-refractivity contribution in [2.45, 2.75) is 43.7 Å². The van der Waals surface area contributed by atoms with Crippen molar-refractivity contribution in [2.24, 2.45) is 0 Å². The normalized spacial score (nSPS) is 32.5. The summed E-state index contributed by atoms with van der Waals surface area (Å²) in [6.45, 7) is 1.69. The summed E-state index contributed by atoms with van der Waals surface area (Å²) < 4.78 is 0. The van der Waals surface area contributed by atoms with E-state index < -0.39 is 18.2 Å². The molecule has 0 saturated carbocycles. The molecule has 0 unspecified atom stereocenters. The molecule has 5 atom stereocenters. The molecule has 4 N–H and O–H groups in total. The first-order valence-corrected chi connectivity index (χ1v) is 7.02. The van der Waals surface area contributed by atoms with Crippen molar-refractivity contribution < 1.29 is 20.4 Å². The molecular weight excluding hydrogens is 258 g/mol. The molecule has 1 aliphatic rings. The van der Waals surface area contributed by atoms with E-state index in [2.05, 4.69) is 0 Å². The van der Waals surface area contributed by atoms with Gasteiger partial charge in [0.2, 0.25) is 0 Å². The fourth-order valence-corrected chi connectivity index (χ4v) is 3.19. The molecule has 0 aliphatic carbocycles. The first kappa shape index (κ1) is 15.4. The number of rotatable bonds is 5. The first-order valence-electron chi connectivity index (χ1n) is 7.02. The number of hydrogen-bond donors (Lipinski definition) is 4. The summed E-state index contributed by atoms with van der Waals surface area (Å²) in [4.78, 5) is 1.92. The van der Waals surface area contributed by atoms with E-state index in [0.717, 1.165) is 5.56 Å². The van der Waals surface area contributed by atoms with Gasteiger partial charge in [-0.15, -0.1) is 0 Å². The van der Waals surface area contributed by atoms with Crippen molar-refractivity contribution in [1.29, 1.82) is 0 Å². The summed E-state index contributed by atoms with van der Waals surface area (Å²) in [5.41, 5.74) is 1.05. The van der Waals surface area contributed by atoms with Gasteiger partial charge in [0.1, 0.15) is 0 Å².